The quantitative estimate of drug-likeness (QED) is 0.757. The highest BCUT2D eigenvalue weighted by molar-refractivity contribution is 6.03. The average Bonchev–Trinajstić information content (AvgIpc) is 2.68. The molecule has 2 amide bonds. The Morgan fingerprint density at radius 3 is 2.40 bits per heavy atom. The van der Waals surface area contributed by atoms with Crippen LogP contribution in [0.15, 0.2) is 53.7 Å². The van der Waals surface area contributed by atoms with E-state index in [0.29, 0.717) is 0 Å². The minimum atomic E-state index is -1.45. The second-order valence-corrected chi connectivity index (χ2v) is 6.41. The third-order valence-corrected chi connectivity index (χ3v) is 4.61. The van der Waals surface area contributed by atoms with Crippen molar-refractivity contribution in [2.75, 3.05) is 11.5 Å². The zero-order valence-electron chi connectivity index (χ0n) is 16.1. The molecule has 3 rings (SSSR count). The second kappa shape index (κ2) is 8.32. The minimum Gasteiger partial charge on any atom is -0.545 e. The Hall–Kier alpha value is -3.75. The largest absolute Gasteiger partial charge is 0.545 e. The van der Waals surface area contributed by atoms with Crippen molar-refractivity contribution in [2.24, 2.45) is 0 Å². The van der Waals surface area contributed by atoms with Gasteiger partial charge in [0.05, 0.1) is 35.4 Å². The lowest BCUT2D eigenvalue weighted by Crippen LogP contribution is -2.48. The minimum absolute atomic E-state index is 0.00377. The first-order valence-electron chi connectivity index (χ1n) is 9.00. The number of halogens is 2. The van der Waals surface area contributed by atoms with Gasteiger partial charge in [0, 0.05) is 5.70 Å². The summed E-state index contributed by atoms with van der Waals surface area (Å²) in [6.45, 7) is 2.97. The number of allylic oxidation sites excluding steroid dienone is 1. The number of nitrogens with one attached hydrogen (secondary N) is 1. The molecule has 1 atom stereocenters. The standard InChI is InChI=1S/C21H18F2N2O5/c1-3-30-20(28)16-11(2)25(13-7-4-6-12(10-13)19(26)27)21(29)24-18(16)17-14(22)8-5-9-15(17)23/h4-10,18H,3H2,1-2H3,(H,24,29)(H,26,27)/p-1/t18-/m0/s1. The topological polar surface area (TPSA) is 98.8 Å². The highest BCUT2D eigenvalue weighted by Gasteiger charge is 2.39. The number of anilines is 1. The summed E-state index contributed by atoms with van der Waals surface area (Å²) in [7, 11) is 0. The van der Waals surface area contributed by atoms with Crippen LogP contribution in [0, 0.1) is 11.6 Å². The number of esters is 1. The van der Waals surface area contributed by atoms with Crippen molar-refractivity contribution in [1.29, 1.82) is 0 Å². The first-order chi connectivity index (χ1) is 14.3. The van der Waals surface area contributed by atoms with E-state index in [9.17, 15) is 28.3 Å². The number of carbonyl (C=O) groups is 3. The van der Waals surface area contributed by atoms with Crippen LogP contribution >= 0.6 is 0 Å². The van der Waals surface area contributed by atoms with Gasteiger partial charge in [0.2, 0.25) is 0 Å². The summed E-state index contributed by atoms with van der Waals surface area (Å²) in [5.74, 6) is -4.21. The van der Waals surface area contributed by atoms with Crippen LogP contribution in [-0.2, 0) is 9.53 Å². The first-order valence-corrected chi connectivity index (χ1v) is 9.00. The van der Waals surface area contributed by atoms with Gasteiger partial charge in [-0.25, -0.2) is 18.4 Å². The molecular formula is C21H17F2N2O5-. The fourth-order valence-corrected chi connectivity index (χ4v) is 3.30. The average molecular weight is 415 g/mol. The molecule has 0 aliphatic carbocycles. The van der Waals surface area contributed by atoms with Crippen molar-refractivity contribution in [3.63, 3.8) is 0 Å². The maximum absolute atomic E-state index is 14.4. The monoisotopic (exact) mass is 415 g/mol. The fraction of sp³-hybridized carbons (Fsp3) is 0.190. The maximum Gasteiger partial charge on any atom is 0.338 e. The number of rotatable bonds is 5. The zero-order valence-corrected chi connectivity index (χ0v) is 16.1. The van der Waals surface area contributed by atoms with E-state index in [0.717, 1.165) is 23.1 Å². The van der Waals surface area contributed by atoms with E-state index < -0.39 is 41.2 Å². The number of ether oxygens (including phenoxy) is 1. The Bertz CT molecular complexity index is 1050. The van der Waals surface area contributed by atoms with Gasteiger partial charge in [-0.15, -0.1) is 0 Å². The molecule has 1 aliphatic heterocycles. The molecule has 0 saturated heterocycles. The van der Waals surface area contributed by atoms with Gasteiger partial charge in [0.15, 0.2) is 0 Å². The maximum atomic E-state index is 14.4. The van der Waals surface area contributed by atoms with E-state index in [1.807, 2.05) is 0 Å². The van der Waals surface area contributed by atoms with Crippen molar-refractivity contribution in [3.05, 3.63) is 76.5 Å². The number of hydrogen-bond acceptors (Lipinski definition) is 5. The van der Waals surface area contributed by atoms with E-state index in [4.69, 9.17) is 4.74 Å². The molecule has 7 nitrogen and oxygen atoms in total. The number of carboxylic acids is 1. The molecular weight excluding hydrogens is 398 g/mol. The summed E-state index contributed by atoms with van der Waals surface area (Å²) in [5.41, 5.74) is -0.704. The molecule has 1 heterocycles. The summed E-state index contributed by atoms with van der Waals surface area (Å²) >= 11 is 0. The predicted molar refractivity (Wildman–Crippen MR) is 100 cm³/mol. The Morgan fingerprint density at radius 1 is 1.17 bits per heavy atom. The molecule has 0 aromatic heterocycles. The van der Waals surface area contributed by atoms with E-state index in [-0.39, 0.29) is 29.1 Å². The molecule has 0 spiro atoms. The molecule has 30 heavy (non-hydrogen) atoms. The molecule has 1 N–H and O–H groups in total. The number of amides is 2. The summed E-state index contributed by atoms with van der Waals surface area (Å²) in [4.78, 5) is 37.7. The van der Waals surface area contributed by atoms with Gasteiger partial charge in [0.25, 0.3) is 0 Å². The van der Waals surface area contributed by atoms with E-state index >= 15 is 0 Å². The molecule has 0 radical (unpaired) electrons. The summed E-state index contributed by atoms with van der Waals surface area (Å²) < 4.78 is 33.9. The Balaban J connectivity index is 2.20. The van der Waals surface area contributed by atoms with Crippen LogP contribution in [0.5, 0.6) is 0 Å². The SMILES string of the molecule is CCOC(=O)C1=C(C)N(c2cccc(C(=O)[O-])c2)C(=O)N[C@@H]1c1c(F)cccc1F. The number of aromatic carboxylic acids is 1. The molecule has 0 unspecified atom stereocenters. The van der Waals surface area contributed by atoms with Crippen molar-refractivity contribution in [3.8, 4) is 0 Å². The lowest BCUT2D eigenvalue weighted by molar-refractivity contribution is -0.255. The highest BCUT2D eigenvalue weighted by Crippen LogP contribution is 2.36. The number of urea groups is 1. The Kier molecular flexibility index (Phi) is 5.81. The molecule has 0 bridgehead atoms. The van der Waals surface area contributed by atoms with E-state index in [1.165, 1.54) is 31.2 Å². The van der Waals surface area contributed by atoms with Crippen LogP contribution in [-0.4, -0.2) is 24.6 Å². The number of carbonyl (C=O) groups excluding carboxylic acids is 3. The summed E-state index contributed by atoms with van der Waals surface area (Å²) in [6.07, 6.45) is 0. The molecule has 9 heteroatoms. The summed E-state index contributed by atoms with van der Waals surface area (Å²) in [5, 5.41) is 13.6. The summed E-state index contributed by atoms with van der Waals surface area (Å²) in [6, 6.07) is 6.26. The number of carboxylic acid groups (broad SMARTS) is 1. The third-order valence-electron chi connectivity index (χ3n) is 4.61. The van der Waals surface area contributed by atoms with Crippen LogP contribution < -0.4 is 15.3 Å². The lowest BCUT2D eigenvalue weighted by atomic mass is 9.93. The fourth-order valence-electron chi connectivity index (χ4n) is 3.30. The third kappa shape index (κ3) is 3.73. The van der Waals surface area contributed by atoms with E-state index in [2.05, 4.69) is 5.32 Å². The van der Waals surface area contributed by atoms with Crippen molar-refractivity contribution in [1.82, 2.24) is 5.32 Å². The molecule has 2 aromatic carbocycles. The van der Waals surface area contributed by atoms with Crippen LogP contribution in [0.4, 0.5) is 19.3 Å². The van der Waals surface area contributed by atoms with Crippen molar-refractivity contribution < 1.29 is 33.0 Å². The smallest absolute Gasteiger partial charge is 0.338 e. The molecule has 1 aliphatic rings. The van der Waals surface area contributed by atoms with Gasteiger partial charge in [-0.1, -0.05) is 18.2 Å². The van der Waals surface area contributed by atoms with Crippen LogP contribution in [0.3, 0.4) is 0 Å². The molecule has 0 saturated carbocycles. The molecule has 156 valence electrons. The van der Waals surface area contributed by atoms with Gasteiger partial charge in [-0.2, -0.15) is 0 Å². The van der Waals surface area contributed by atoms with Crippen LogP contribution in [0.25, 0.3) is 0 Å². The zero-order chi connectivity index (χ0) is 22.0. The van der Waals surface area contributed by atoms with Gasteiger partial charge in [0.1, 0.15) is 11.6 Å². The number of benzene rings is 2. The highest BCUT2D eigenvalue weighted by atomic mass is 19.1. The van der Waals surface area contributed by atoms with Crippen molar-refractivity contribution >= 4 is 23.7 Å². The lowest BCUT2D eigenvalue weighted by Gasteiger charge is -2.35. The molecule has 2 aromatic rings. The predicted octanol–water partition coefficient (Wildman–Crippen LogP) is 2.44. The van der Waals surface area contributed by atoms with Gasteiger partial charge in [-0.3, -0.25) is 4.90 Å². The van der Waals surface area contributed by atoms with Gasteiger partial charge >= 0.3 is 12.0 Å². The number of nitrogens with zero attached hydrogens (tertiary/aromatic N) is 1. The van der Waals surface area contributed by atoms with Gasteiger partial charge < -0.3 is 20.0 Å². The van der Waals surface area contributed by atoms with Crippen molar-refractivity contribution in [2.45, 2.75) is 19.9 Å². The Labute approximate surface area is 170 Å². The van der Waals surface area contributed by atoms with Crippen LogP contribution in [0.1, 0.15) is 35.8 Å². The van der Waals surface area contributed by atoms with Crippen LogP contribution in [0.2, 0.25) is 0 Å². The van der Waals surface area contributed by atoms with Gasteiger partial charge in [-0.05, 0) is 43.7 Å². The normalized spacial score (nSPS) is 16.3. The number of hydrogen-bond donors (Lipinski definition) is 1. The second-order valence-electron chi connectivity index (χ2n) is 6.41. The Morgan fingerprint density at radius 2 is 1.80 bits per heavy atom. The first kappa shape index (κ1) is 21.0. The van der Waals surface area contributed by atoms with E-state index in [1.54, 1.807) is 6.92 Å². The molecule has 0 fully saturated rings.